The van der Waals surface area contributed by atoms with Gasteiger partial charge in [-0.1, -0.05) is 0 Å². The molecule has 0 aliphatic heterocycles. The van der Waals surface area contributed by atoms with Crippen LogP contribution in [0.25, 0.3) is 11.3 Å². The van der Waals surface area contributed by atoms with Crippen molar-refractivity contribution >= 4 is 11.3 Å². The van der Waals surface area contributed by atoms with E-state index in [4.69, 9.17) is 5.26 Å². The zero-order valence-electron chi connectivity index (χ0n) is 7.37. The van der Waals surface area contributed by atoms with Crippen LogP contribution in [0, 0.1) is 23.0 Å². The van der Waals surface area contributed by atoms with Gasteiger partial charge >= 0.3 is 0 Å². The summed E-state index contributed by atoms with van der Waals surface area (Å²) in [7, 11) is 0. The van der Waals surface area contributed by atoms with Crippen molar-refractivity contribution in [2.75, 3.05) is 0 Å². The van der Waals surface area contributed by atoms with Gasteiger partial charge in [-0.25, -0.2) is 13.8 Å². The van der Waals surface area contributed by atoms with Crippen LogP contribution in [-0.2, 0) is 0 Å². The molecule has 5 heteroatoms. The lowest BCUT2D eigenvalue weighted by Gasteiger charge is -1.99. The molecular formula is C10H4F2N2S. The van der Waals surface area contributed by atoms with Crippen molar-refractivity contribution in [2.45, 2.75) is 0 Å². The monoisotopic (exact) mass is 222 g/mol. The normalized spacial score (nSPS) is 9.93. The van der Waals surface area contributed by atoms with E-state index in [0.717, 1.165) is 29.5 Å². The Labute approximate surface area is 88.4 Å². The van der Waals surface area contributed by atoms with Crippen molar-refractivity contribution in [2.24, 2.45) is 0 Å². The number of nitrogens with zero attached hydrogens (tertiary/aromatic N) is 2. The standard InChI is InChI=1S/C10H4F2N2S/c11-6-1-2-8(12)7(3-6)10-9(4-13)15-5-14-10/h1-3,5H. The Kier molecular flexibility index (Phi) is 2.44. The first kappa shape index (κ1) is 9.74. The van der Waals surface area contributed by atoms with Crippen molar-refractivity contribution in [1.29, 1.82) is 5.26 Å². The van der Waals surface area contributed by atoms with Crippen molar-refractivity contribution in [1.82, 2.24) is 4.98 Å². The molecule has 0 amide bonds. The maximum absolute atomic E-state index is 13.3. The fraction of sp³-hybridized carbons (Fsp3) is 0. The molecule has 0 saturated carbocycles. The molecular weight excluding hydrogens is 218 g/mol. The quantitative estimate of drug-likeness (QED) is 0.743. The SMILES string of the molecule is N#Cc1scnc1-c1cc(F)ccc1F. The minimum Gasteiger partial charge on any atom is -0.243 e. The van der Waals surface area contributed by atoms with Gasteiger partial charge in [0, 0.05) is 5.56 Å². The number of nitriles is 1. The molecule has 0 aliphatic carbocycles. The lowest BCUT2D eigenvalue weighted by Crippen LogP contribution is -1.88. The van der Waals surface area contributed by atoms with Crippen molar-refractivity contribution in [3.8, 4) is 17.3 Å². The summed E-state index contributed by atoms with van der Waals surface area (Å²) in [6.45, 7) is 0. The minimum absolute atomic E-state index is 0.0211. The van der Waals surface area contributed by atoms with Gasteiger partial charge in [-0.15, -0.1) is 11.3 Å². The lowest BCUT2D eigenvalue weighted by molar-refractivity contribution is 0.602. The summed E-state index contributed by atoms with van der Waals surface area (Å²) < 4.78 is 26.2. The Bertz CT molecular complexity index is 543. The van der Waals surface area contributed by atoms with Gasteiger partial charge in [-0.05, 0) is 18.2 Å². The fourth-order valence-corrected chi connectivity index (χ4v) is 1.79. The molecule has 0 radical (unpaired) electrons. The molecule has 0 unspecified atom stereocenters. The van der Waals surface area contributed by atoms with E-state index in [-0.39, 0.29) is 16.1 Å². The molecule has 2 rings (SSSR count). The lowest BCUT2D eigenvalue weighted by atomic mass is 10.1. The topological polar surface area (TPSA) is 36.7 Å². The summed E-state index contributed by atoms with van der Waals surface area (Å²) in [6.07, 6.45) is 0. The van der Waals surface area contributed by atoms with E-state index in [2.05, 4.69) is 4.98 Å². The zero-order chi connectivity index (χ0) is 10.8. The van der Waals surface area contributed by atoms with Crippen molar-refractivity contribution in [3.05, 3.63) is 40.2 Å². The average molecular weight is 222 g/mol. The third-order valence-electron chi connectivity index (χ3n) is 1.85. The van der Waals surface area contributed by atoms with Gasteiger partial charge in [0.15, 0.2) is 0 Å². The highest BCUT2D eigenvalue weighted by Gasteiger charge is 2.13. The Morgan fingerprint density at radius 2 is 2.13 bits per heavy atom. The number of hydrogen-bond acceptors (Lipinski definition) is 3. The fourth-order valence-electron chi connectivity index (χ4n) is 1.20. The van der Waals surface area contributed by atoms with Crippen LogP contribution in [-0.4, -0.2) is 4.98 Å². The van der Waals surface area contributed by atoms with Crippen LogP contribution in [0.4, 0.5) is 8.78 Å². The number of aromatic nitrogens is 1. The van der Waals surface area contributed by atoms with E-state index in [1.165, 1.54) is 5.51 Å². The highest BCUT2D eigenvalue weighted by atomic mass is 32.1. The summed E-state index contributed by atoms with van der Waals surface area (Å²) in [5.74, 6) is -1.14. The first-order valence-corrected chi connectivity index (χ1v) is 4.89. The molecule has 0 aliphatic rings. The maximum atomic E-state index is 13.3. The zero-order valence-corrected chi connectivity index (χ0v) is 8.18. The van der Waals surface area contributed by atoms with Crippen molar-refractivity contribution in [3.63, 3.8) is 0 Å². The van der Waals surface area contributed by atoms with Crippen LogP contribution in [0.2, 0.25) is 0 Å². The van der Waals surface area contributed by atoms with Gasteiger partial charge < -0.3 is 0 Å². The van der Waals surface area contributed by atoms with Crippen LogP contribution >= 0.6 is 11.3 Å². The molecule has 0 saturated heterocycles. The number of hydrogen-bond donors (Lipinski definition) is 0. The minimum atomic E-state index is -0.584. The second kappa shape index (κ2) is 3.75. The molecule has 0 spiro atoms. The van der Waals surface area contributed by atoms with Crippen LogP contribution in [0.1, 0.15) is 4.88 Å². The Hall–Kier alpha value is -1.80. The molecule has 74 valence electrons. The smallest absolute Gasteiger partial charge is 0.132 e. The van der Waals surface area contributed by atoms with E-state index in [9.17, 15) is 8.78 Å². The summed E-state index contributed by atoms with van der Waals surface area (Å²) in [6, 6.07) is 4.96. The average Bonchev–Trinajstić information content (AvgIpc) is 2.69. The Morgan fingerprint density at radius 3 is 2.87 bits per heavy atom. The van der Waals surface area contributed by atoms with E-state index < -0.39 is 11.6 Å². The number of benzene rings is 1. The van der Waals surface area contributed by atoms with Gasteiger partial charge in [-0.2, -0.15) is 5.26 Å². The highest BCUT2D eigenvalue weighted by molar-refractivity contribution is 7.10. The predicted octanol–water partition coefficient (Wildman–Crippen LogP) is 2.96. The van der Waals surface area contributed by atoms with Crippen LogP contribution in [0.15, 0.2) is 23.7 Å². The first-order chi connectivity index (χ1) is 7.22. The first-order valence-electron chi connectivity index (χ1n) is 4.01. The Morgan fingerprint density at radius 1 is 1.33 bits per heavy atom. The van der Waals surface area contributed by atoms with Crippen LogP contribution in [0.3, 0.4) is 0 Å². The molecule has 0 atom stereocenters. The highest BCUT2D eigenvalue weighted by Crippen LogP contribution is 2.27. The molecule has 1 heterocycles. The molecule has 1 aromatic carbocycles. The summed E-state index contributed by atoms with van der Waals surface area (Å²) in [5, 5.41) is 8.73. The molecule has 2 nitrogen and oxygen atoms in total. The van der Waals surface area contributed by atoms with E-state index in [0.29, 0.717) is 0 Å². The van der Waals surface area contributed by atoms with Crippen molar-refractivity contribution < 1.29 is 8.78 Å². The number of halogens is 2. The second-order valence-corrected chi connectivity index (χ2v) is 3.62. The van der Waals surface area contributed by atoms with Crippen LogP contribution in [0.5, 0.6) is 0 Å². The molecule has 15 heavy (non-hydrogen) atoms. The summed E-state index contributed by atoms with van der Waals surface area (Å²) in [4.78, 5) is 4.13. The summed E-state index contributed by atoms with van der Waals surface area (Å²) in [5.41, 5.74) is 1.64. The van der Waals surface area contributed by atoms with Gasteiger partial charge in [-0.3, -0.25) is 0 Å². The number of thiazole rings is 1. The van der Waals surface area contributed by atoms with Gasteiger partial charge in [0.05, 0.1) is 5.51 Å². The maximum Gasteiger partial charge on any atom is 0.132 e. The predicted molar refractivity (Wildman–Crippen MR) is 52.2 cm³/mol. The third-order valence-corrected chi connectivity index (χ3v) is 2.58. The summed E-state index contributed by atoms with van der Waals surface area (Å²) >= 11 is 1.10. The van der Waals surface area contributed by atoms with E-state index in [1.54, 1.807) is 0 Å². The third kappa shape index (κ3) is 1.72. The van der Waals surface area contributed by atoms with Gasteiger partial charge in [0.25, 0.3) is 0 Å². The van der Waals surface area contributed by atoms with E-state index in [1.807, 2.05) is 6.07 Å². The molecule has 0 fully saturated rings. The second-order valence-electron chi connectivity index (χ2n) is 2.77. The van der Waals surface area contributed by atoms with Gasteiger partial charge in [0.2, 0.25) is 0 Å². The molecule has 0 N–H and O–H groups in total. The molecule has 1 aromatic heterocycles. The van der Waals surface area contributed by atoms with Gasteiger partial charge in [0.1, 0.15) is 28.3 Å². The van der Waals surface area contributed by atoms with Crippen LogP contribution < -0.4 is 0 Å². The Balaban J connectivity index is 2.64. The number of rotatable bonds is 1. The van der Waals surface area contributed by atoms with E-state index >= 15 is 0 Å². The largest absolute Gasteiger partial charge is 0.243 e. The molecule has 2 aromatic rings. The molecule has 0 bridgehead atoms.